The molecule has 1 fully saturated rings. The van der Waals surface area contributed by atoms with Gasteiger partial charge in [0.15, 0.2) is 11.5 Å². The van der Waals surface area contributed by atoms with Gasteiger partial charge in [-0.25, -0.2) is 9.97 Å². The Morgan fingerprint density at radius 1 is 0.941 bits per heavy atom. The maximum absolute atomic E-state index is 14.2. The average Bonchev–Trinajstić information content (AvgIpc) is 3.41. The Bertz CT molecular complexity index is 1370. The van der Waals surface area contributed by atoms with Gasteiger partial charge in [0.25, 0.3) is 0 Å². The molecule has 0 radical (unpaired) electrons. The van der Waals surface area contributed by atoms with E-state index >= 15 is 0 Å². The molecule has 1 aliphatic heterocycles. The fraction of sp³-hybridized carbons (Fsp3) is 0.423. The molecule has 2 bridgehead atoms. The summed E-state index contributed by atoms with van der Waals surface area (Å²) in [6, 6.07) is 9.09. The lowest BCUT2D eigenvalue weighted by molar-refractivity contribution is -0.125. The van der Waals surface area contributed by atoms with Gasteiger partial charge in [0.2, 0.25) is 12.7 Å². The minimum Gasteiger partial charge on any atom is -0.497 e. The first-order valence-electron chi connectivity index (χ1n) is 11.4. The molecule has 0 spiro atoms. The molecule has 176 valence electrons. The van der Waals surface area contributed by atoms with Crippen LogP contribution in [0.2, 0.25) is 0 Å². The smallest absolute Gasteiger partial charge is 0.237 e. The maximum Gasteiger partial charge on any atom is 0.237 e. The van der Waals surface area contributed by atoms with Crippen LogP contribution in [0.4, 0.5) is 5.69 Å². The summed E-state index contributed by atoms with van der Waals surface area (Å²) in [5, 5.41) is 3.14. The zero-order chi connectivity index (χ0) is 23.9. The SMILES string of the molecule is COc1ccc(NC(=O)C23CCC(C)(c4nc5cc6c(cc5nc42)OCO6)C3(C)C)c(OC)c1. The van der Waals surface area contributed by atoms with E-state index < -0.39 is 10.8 Å². The van der Waals surface area contributed by atoms with Gasteiger partial charge in [-0.15, -0.1) is 0 Å². The molecule has 34 heavy (non-hydrogen) atoms. The molecule has 2 atom stereocenters. The molecular weight excluding hydrogens is 434 g/mol. The first kappa shape index (κ1) is 21.0. The van der Waals surface area contributed by atoms with Crippen molar-refractivity contribution in [3.05, 3.63) is 41.7 Å². The van der Waals surface area contributed by atoms with Crippen molar-refractivity contribution >= 4 is 22.6 Å². The lowest BCUT2D eigenvalue weighted by Crippen LogP contribution is -2.48. The number of methoxy groups -OCH3 is 2. The zero-order valence-electron chi connectivity index (χ0n) is 19.9. The summed E-state index contributed by atoms with van der Waals surface area (Å²) >= 11 is 0. The van der Waals surface area contributed by atoms with E-state index in [0.717, 1.165) is 23.3 Å². The minimum atomic E-state index is -0.834. The third-order valence-electron chi connectivity index (χ3n) is 8.58. The van der Waals surface area contributed by atoms with Crippen molar-refractivity contribution in [2.75, 3.05) is 26.3 Å². The Hall–Kier alpha value is -3.55. The fourth-order valence-electron chi connectivity index (χ4n) is 6.13. The number of fused-ring (bicyclic) bond motifs is 7. The number of benzene rings is 2. The highest BCUT2D eigenvalue weighted by Crippen LogP contribution is 2.70. The Morgan fingerprint density at radius 3 is 2.26 bits per heavy atom. The Balaban J connectivity index is 1.50. The lowest BCUT2D eigenvalue weighted by atomic mass is 9.63. The molecule has 8 heteroatoms. The quantitative estimate of drug-likeness (QED) is 0.618. The first-order chi connectivity index (χ1) is 16.2. The predicted molar refractivity (Wildman–Crippen MR) is 126 cm³/mol. The molecule has 2 aliphatic carbocycles. The van der Waals surface area contributed by atoms with Crippen molar-refractivity contribution in [2.24, 2.45) is 5.41 Å². The van der Waals surface area contributed by atoms with Gasteiger partial charge in [-0.05, 0) is 30.4 Å². The second kappa shape index (κ2) is 6.74. The summed E-state index contributed by atoms with van der Waals surface area (Å²) in [4.78, 5) is 24.3. The van der Waals surface area contributed by atoms with E-state index in [9.17, 15) is 4.79 Å². The third kappa shape index (κ3) is 2.40. The molecule has 8 nitrogen and oxygen atoms in total. The first-order valence-corrected chi connectivity index (χ1v) is 11.4. The summed E-state index contributed by atoms with van der Waals surface area (Å²) < 4.78 is 21.9. The van der Waals surface area contributed by atoms with Crippen LogP contribution in [0.1, 0.15) is 45.0 Å². The standard InChI is InChI=1S/C26H27N3O5/c1-24(2)25(3)8-9-26(24,23(30)29-15-7-6-14(31-4)10-18(15)32-5)22-21(25)27-16-11-19-20(34-13-33-19)12-17(16)28-22/h6-7,10-12H,8-9,13H2,1-5H3,(H,29,30). The van der Waals surface area contributed by atoms with Crippen LogP contribution in [0, 0.1) is 5.41 Å². The summed E-state index contributed by atoms with van der Waals surface area (Å²) in [6.45, 7) is 6.71. The highest BCUT2D eigenvalue weighted by atomic mass is 16.7. The minimum absolute atomic E-state index is 0.0992. The molecule has 1 amide bonds. The summed E-state index contributed by atoms with van der Waals surface area (Å²) in [7, 11) is 3.17. The van der Waals surface area contributed by atoms with E-state index in [-0.39, 0.29) is 18.1 Å². The molecule has 6 rings (SSSR count). The molecule has 1 N–H and O–H groups in total. The van der Waals surface area contributed by atoms with Gasteiger partial charge in [0.1, 0.15) is 11.5 Å². The Kier molecular flexibility index (Phi) is 4.17. The van der Waals surface area contributed by atoms with E-state index in [1.54, 1.807) is 32.4 Å². The van der Waals surface area contributed by atoms with Gasteiger partial charge in [-0.3, -0.25) is 4.79 Å². The van der Waals surface area contributed by atoms with E-state index in [2.05, 4.69) is 26.1 Å². The highest BCUT2D eigenvalue weighted by Gasteiger charge is 2.73. The zero-order valence-corrected chi connectivity index (χ0v) is 19.9. The van der Waals surface area contributed by atoms with Crippen molar-refractivity contribution in [2.45, 2.75) is 44.4 Å². The molecule has 2 unspecified atom stereocenters. The number of carbonyl (C=O) groups excluding carboxylic acids is 1. The number of nitrogens with one attached hydrogen (secondary N) is 1. The number of ether oxygens (including phenoxy) is 4. The number of rotatable bonds is 4. The maximum atomic E-state index is 14.2. The van der Waals surface area contributed by atoms with Crippen LogP contribution < -0.4 is 24.3 Å². The van der Waals surface area contributed by atoms with E-state index in [4.69, 9.17) is 28.9 Å². The molecule has 1 aromatic heterocycles. The van der Waals surface area contributed by atoms with Crippen LogP contribution in [-0.2, 0) is 15.6 Å². The van der Waals surface area contributed by atoms with Crippen LogP contribution in [-0.4, -0.2) is 36.9 Å². The van der Waals surface area contributed by atoms with Crippen LogP contribution in [0.15, 0.2) is 30.3 Å². The number of hydrogen-bond acceptors (Lipinski definition) is 7. The molecule has 1 saturated carbocycles. The largest absolute Gasteiger partial charge is 0.497 e. The second-order valence-electron chi connectivity index (χ2n) is 10.00. The third-order valence-corrected chi connectivity index (χ3v) is 8.58. The summed E-state index contributed by atoms with van der Waals surface area (Å²) in [5.74, 6) is 2.42. The predicted octanol–water partition coefficient (Wildman–Crippen LogP) is 4.34. The van der Waals surface area contributed by atoms with E-state index in [1.807, 2.05) is 12.1 Å². The Morgan fingerprint density at radius 2 is 1.62 bits per heavy atom. The van der Waals surface area contributed by atoms with Gasteiger partial charge in [0.05, 0.1) is 47.7 Å². The molecular formula is C26H27N3O5. The highest BCUT2D eigenvalue weighted by molar-refractivity contribution is 6.03. The molecule has 2 aromatic carbocycles. The molecule has 3 aromatic rings. The van der Waals surface area contributed by atoms with E-state index in [0.29, 0.717) is 40.6 Å². The summed E-state index contributed by atoms with van der Waals surface area (Å²) in [6.07, 6.45) is 1.55. The molecule has 3 aliphatic rings. The molecule has 0 saturated heterocycles. The number of nitrogens with zero attached hydrogens (tertiary/aromatic N) is 2. The van der Waals surface area contributed by atoms with Crippen LogP contribution in [0.25, 0.3) is 11.0 Å². The van der Waals surface area contributed by atoms with Crippen LogP contribution in [0.3, 0.4) is 0 Å². The number of anilines is 1. The van der Waals surface area contributed by atoms with Gasteiger partial charge < -0.3 is 24.3 Å². The number of amides is 1. The van der Waals surface area contributed by atoms with Crippen molar-refractivity contribution in [1.82, 2.24) is 9.97 Å². The average molecular weight is 462 g/mol. The van der Waals surface area contributed by atoms with Gasteiger partial charge in [0, 0.05) is 23.6 Å². The number of hydrogen-bond donors (Lipinski definition) is 1. The van der Waals surface area contributed by atoms with Crippen molar-refractivity contribution in [3.63, 3.8) is 0 Å². The fourth-order valence-corrected chi connectivity index (χ4v) is 6.13. The second-order valence-corrected chi connectivity index (χ2v) is 10.00. The monoisotopic (exact) mass is 461 g/mol. The Labute approximate surface area is 197 Å². The van der Waals surface area contributed by atoms with Crippen molar-refractivity contribution in [1.29, 1.82) is 0 Å². The normalized spacial score (nSPS) is 25.3. The topological polar surface area (TPSA) is 91.8 Å². The summed E-state index contributed by atoms with van der Waals surface area (Å²) in [5.41, 5.74) is 2.16. The van der Waals surface area contributed by atoms with Crippen molar-refractivity contribution < 1.29 is 23.7 Å². The lowest BCUT2D eigenvalue weighted by Gasteiger charge is -2.39. The van der Waals surface area contributed by atoms with Crippen molar-refractivity contribution in [3.8, 4) is 23.0 Å². The van der Waals surface area contributed by atoms with Gasteiger partial charge >= 0.3 is 0 Å². The van der Waals surface area contributed by atoms with E-state index in [1.165, 1.54) is 0 Å². The number of aromatic nitrogens is 2. The van der Waals surface area contributed by atoms with Gasteiger partial charge in [-0.1, -0.05) is 20.8 Å². The van der Waals surface area contributed by atoms with Crippen LogP contribution >= 0.6 is 0 Å². The molecule has 2 heterocycles. The van der Waals surface area contributed by atoms with Gasteiger partial charge in [-0.2, -0.15) is 0 Å². The van der Waals surface area contributed by atoms with Crippen LogP contribution in [0.5, 0.6) is 23.0 Å². The number of carbonyl (C=O) groups is 1.